The van der Waals surface area contributed by atoms with E-state index < -0.39 is 0 Å². The topological polar surface area (TPSA) is 34.9 Å². The van der Waals surface area contributed by atoms with Crippen LogP contribution >= 0.6 is 35.0 Å². The summed E-state index contributed by atoms with van der Waals surface area (Å²) in [5, 5.41) is 1.70. The van der Waals surface area contributed by atoms with Crippen molar-refractivity contribution >= 4 is 35.0 Å². The van der Waals surface area contributed by atoms with Crippen LogP contribution in [0.5, 0.6) is 0 Å². The number of thioether (sulfide) groups is 1. The van der Waals surface area contributed by atoms with Gasteiger partial charge in [0.15, 0.2) is 5.16 Å². The van der Waals surface area contributed by atoms with Gasteiger partial charge in [0.25, 0.3) is 5.56 Å². The molecular formula is C18H14Cl2N2OS. The average Bonchev–Trinajstić information content (AvgIpc) is 2.56. The summed E-state index contributed by atoms with van der Waals surface area (Å²) in [6.07, 6.45) is 0. The van der Waals surface area contributed by atoms with Crippen molar-refractivity contribution in [2.45, 2.75) is 17.8 Å². The molecule has 0 aliphatic heterocycles. The molecule has 0 bridgehead atoms. The number of aryl methyl sites for hydroxylation is 1. The maximum Gasteiger partial charge on any atom is 0.258 e. The third kappa shape index (κ3) is 3.83. The normalized spacial score (nSPS) is 10.8. The molecule has 0 radical (unpaired) electrons. The van der Waals surface area contributed by atoms with E-state index in [-0.39, 0.29) is 5.56 Å². The van der Waals surface area contributed by atoms with E-state index in [9.17, 15) is 4.79 Å². The van der Waals surface area contributed by atoms with Crippen LogP contribution in [0.4, 0.5) is 0 Å². The Morgan fingerprint density at radius 1 is 1.04 bits per heavy atom. The summed E-state index contributed by atoms with van der Waals surface area (Å²) < 4.78 is 1.62. The zero-order chi connectivity index (χ0) is 17.1. The van der Waals surface area contributed by atoms with Gasteiger partial charge in [-0.15, -0.1) is 0 Å². The van der Waals surface area contributed by atoms with Crippen molar-refractivity contribution in [1.29, 1.82) is 0 Å². The van der Waals surface area contributed by atoms with E-state index in [0.717, 1.165) is 11.3 Å². The lowest BCUT2D eigenvalue weighted by atomic mass is 10.2. The van der Waals surface area contributed by atoms with Crippen molar-refractivity contribution in [3.63, 3.8) is 0 Å². The summed E-state index contributed by atoms with van der Waals surface area (Å²) in [5.41, 5.74) is 2.42. The molecule has 24 heavy (non-hydrogen) atoms. The number of nitrogens with zero attached hydrogens (tertiary/aromatic N) is 2. The van der Waals surface area contributed by atoms with E-state index in [4.69, 9.17) is 23.2 Å². The van der Waals surface area contributed by atoms with Crippen LogP contribution in [0.3, 0.4) is 0 Å². The van der Waals surface area contributed by atoms with Gasteiger partial charge in [0.05, 0.1) is 15.7 Å². The smallest absolute Gasteiger partial charge is 0.258 e. The molecule has 3 aromatic rings. The van der Waals surface area contributed by atoms with Crippen molar-refractivity contribution in [3.05, 3.63) is 86.3 Å². The molecule has 0 atom stereocenters. The van der Waals surface area contributed by atoms with Gasteiger partial charge in [-0.25, -0.2) is 4.98 Å². The van der Waals surface area contributed by atoms with Crippen LogP contribution in [-0.2, 0) is 5.75 Å². The highest BCUT2D eigenvalue weighted by Gasteiger charge is 2.10. The molecule has 2 aromatic carbocycles. The molecule has 0 unspecified atom stereocenters. The highest BCUT2D eigenvalue weighted by Crippen LogP contribution is 2.27. The predicted octanol–water partition coefficient (Wildman–Crippen LogP) is 5.14. The molecule has 1 heterocycles. The van der Waals surface area contributed by atoms with Gasteiger partial charge in [-0.05, 0) is 36.8 Å². The first-order valence-electron chi connectivity index (χ1n) is 7.27. The van der Waals surface area contributed by atoms with Crippen molar-refractivity contribution < 1.29 is 0 Å². The molecule has 3 nitrogen and oxygen atoms in total. The van der Waals surface area contributed by atoms with Crippen molar-refractivity contribution in [2.24, 2.45) is 0 Å². The fourth-order valence-corrected chi connectivity index (χ4v) is 3.59. The quantitative estimate of drug-likeness (QED) is 0.467. The van der Waals surface area contributed by atoms with Crippen LogP contribution in [0, 0.1) is 6.92 Å². The molecule has 0 aliphatic rings. The Morgan fingerprint density at radius 3 is 2.50 bits per heavy atom. The Hall–Kier alpha value is -1.75. The summed E-state index contributed by atoms with van der Waals surface area (Å²) >= 11 is 13.5. The van der Waals surface area contributed by atoms with Gasteiger partial charge in [0.2, 0.25) is 0 Å². The molecule has 122 valence electrons. The van der Waals surface area contributed by atoms with E-state index in [1.54, 1.807) is 10.6 Å². The van der Waals surface area contributed by atoms with Crippen LogP contribution in [0.25, 0.3) is 5.69 Å². The van der Waals surface area contributed by atoms with Crippen molar-refractivity contribution in [1.82, 2.24) is 9.55 Å². The fourth-order valence-electron chi connectivity index (χ4n) is 2.26. The first-order valence-corrected chi connectivity index (χ1v) is 9.01. The second-order valence-electron chi connectivity index (χ2n) is 5.23. The Morgan fingerprint density at radius 2 is 1.79 bits per heavy atom. The van der Waals surface area contributed by atoms with Crippen LogP contribution in [0.1, 0.15) is 11.3 Å². The van der Waals surface area contributed by atoms with E-state index >= 15 is 0 Å². The number of rotatable bonds is 4. The van der Waals surface area contributed by atoms with E-state index in [1.807, 2.05) is 49.4 Å². The maximum absolute atomic E-state index is 12.4. The lowest BCUT2D eigenvalue weighted by molar-refractivity contribution is 0.780. The molecule has 0 spiro atoms. The van der Waals surface area contributed by atoms with Gasteiger partial charge in [0.1, 0.15) is 0 Å². The van der Waals surface area contributed by atoms with E-state index in [0.29, 0.717) is 26.6 Å². The lowest BCUT2D eigenvalue weighted by Gasteiger charge is -2.12. The zero-order valence-corrected chi connectivity index (χ0v) is 15.2. The Kier molecular flexibility index (Phi) is 5.29. The number of hydrogen-bond acceptors (Lipinski definition) is 3. The summed E-state index contributed by atoms with van der Waals surface area (Å²) in [6.45, 7) is 1.82. The highest BCUT2D eigenvalue weighted by atomic mass is 35.5. The minimum absolute atomic E-state index is 0.0923. The number of aromatic nitrogens is 2. The first-order chi connectivity index (χ1) is 11.5. The summed E-state index contributed by atoms with van der Waals surface area (Å²) in [7, 11) is 0. The molecule has 6 heteroatoms. The Labute approximate surface area is 154 Å². The van der Waals surface area contributed by atoms with Gasteiger partial charge in [0, 0.05) is 17.5 Å². The molecule has 1 aromatic heterocycles. The van der Waals surface area contributed by atoms with Gasteiger partial charge >= 0.3 is 0 Å². The van der Waals surface area contributed by atoms with Gasteiger partial charge in [-0.3, -0.25) is 9.36 Å². The van der Waals surface area contributed by atoms with Gasteiger partial charge in [-0.2, -0.15) is 0 Å². The predicted molar refractivity (Wildman–Crippen MR) is 101 cm³/mol. The van der Waals surface area contributed by atoms with Gasteiger partial charge in [-0.1, -0.05) is 59.2 Å². The molecule has 0 aliphatic carbocycles. The second-order valence-corrected chi connectivity index (χ2v) is 6.98. The molecule has 0 saturated heterocycles. The third-order valence-electron chi connectivity index (χ3n) is 3.38. The maximum atomic E-state index is 12.4. The van der Waals surface area contributed by atoms with E-state index in [1.165, 1.54) is 17.8 Å². The minimum atomic E-state index is -0.0923. The number of benzene rings is 2. The SMILES string of the molecule is Cc1cc(=O)n(-c2ccccc2)c(SCc2ccc(Cl)c(Cl)c2)n1. The van der Waals surface area contributed by atoms with Crippen LogP contribution in [0.15, 0.2) is 64.5 Å². The largest absolute Gasteiger partial charge is 0.269 e. The molecule has 0 saturated carbocycles. The molecule has 0 amide bonds. The van der Waals surface area contributed by atoms with Crippen LogP contribution < -0.4 is 5.56 Å². The highest BCUT2D eigenvalue weighted by molar-refractivity contribution is 7.98. The molecule has 3 rings (SSSR count). The van der Waals surface area contributed by atoms with Crippen LogP contribution in [-0.4, -0.2) is 9.55 Å². The number of hydrogen-bond donors (Lipinski definition) is 0. The number of halogens is 2. The van der Waals surface area contributed by atoms with Crippen LogP contribution in [0.2, 0.25) is 10.0 Å². The average molecular weight is 377 g/mol. The monoisotopic (exact) mass is 376 g/mol. The molecule has 0 fully saturated rings. The Bertz CT molecular complexity index is 926. The van der Waals surface area contributed by atoms with Crippen molar-refractivity contribution in [3.8, 4) is 5.69 Å². The van der Waals surface area contributed by atoms with E-state index in [2.05, 4.69) is 4.98 Å². The second kappa shape index (κ2) is 7.43. The fraction of sp³-hybridized carbons (Fsp3) is 0.111. The number of para-hydroxylation sites is 1. The zero-order valence-electron chi connectivity index (χ0n) is 12.9. The third-order valence-corrected chi connectivity index (χ3v) is 5.13. The minimum Gasteiger partial charge on any atom is -0.269 e. The standard InChI is InChI=1S/C18H14Cl2N2OS/c1-12-9-17(23)22(14-5-3-2-4-6-14)18(21-12)24-11-13-7-8-15(19)16(20)10-13/h2-10H,11H2,1H3. The lowest BCUT2D eigenvalue weighted by Crippen LogP contribution is -2.21. The molecule has 0 N–H and O–H groups in total. The first kappa shape index (κ1) is 17.1. The molecular weight excluding hydrogens is 363 g/mol. The van der Waals surface area contributed by atoms with Gasteiger partial charge < -0.3 is 0 Å². The summed E-state index contributed by atoms with van der Waals surface area (Å²) in [5.74, 6) is 0.639. The van der Waals surface area contributed by atoms with Crippen molar-refractivity contribution in [2.75, 3.05) is 0 Å². The summed E-state index contributed by atoms with van der Waals surface area (Å²) in [6, 6.07) is 16.6. The Balaban J connectivity index is 1.95. The summed E-state index contributed by atoms with van der Waals surface area (Å²) in [4.78, 5) is 17.0.